The summed E-state index contributed by atoms with van der Waals surface area (Å²) in [5.41, 5.74) is 1.20. The zero-order chi connectivity index (χ0) is 12.5. The Hall–Kier alpha value is -0.220. The van der Waals surface area contributed by atoms with Crippen LogP contribution in [-0.2, 0) is 11.3 Å². The molecule has 0 amide bonds. The average molecular weight is 274 g/mol. The Labute approximate surface area is 113 Å². The molecule has 0 aliphatic rings. The van der Waals surface area contributed by atoms with Crippen LogP contribution < -0.4 is 5.32 Å². The molecule has 0 aromatic heterocycles. The Kier molecular flexibility index (Phi) is 7.69. The Balaban J connectivity index is 2.60. The largest absolute Gasteiger partial charge is 0.383 e. The summed E-state index contributed by atoms with van der Waals surface area (Å²) in [5, 5.41) is 4.18. The van der Waals surface area contributed by atoms with E-state index in [9.17, 15) is 0 Å². The van der Waals surface area contributed by atoms with Crippen LogP contribution >= 0.6 is 23.4 Å². The molecule has 96 valence electrons. The van der Waals surface area contributed by atoms with Crippen LogP contribution in [0.3, 0.4) is 0 Å². The zero-order valence-electron chi connectivity index (χ0n) is 10.5. The van der Waals surface area contributed by atoms with Crippen molar-refractivity contribution in [1.82, 2.24) is 5.32 Å². The molecule has 0 unspecified atom stereocenters. The highest BCUT2D eigenvalue weighted by molar-refractivity contribution is 7.99. The van der Waals surface area contributed by atoms with E-state index in [0.717, 1.165) is 30.5 Å². The van der Waals surface area contributed by atoms with Crippen molar-refractivity contribution >= 4 is 23.4 Å². The molecule has 1 rings (SSSR count). The summed E-state index contributed by atoms with van der Waals surface area (Å²) in [5.74, 6) is 1.13. The van der Waals surface area contributed by atoms with Gasteiger partial charge in [0.15, 0.2) is 0 Å². The van der Waals surface area contributed by atoms with Gasteiger partial charge < -0.3 is 10.1 Å². The minimum atomic E-state index is 0.724. The lowest BCUT2D eigenvalue weighted by Gasteiger charge is -2.11. The van der Waals surface area contributed by atoms with E-state index in [1.807, 2.05) is 23.9 Å². The first-order chi connectivity index (χ1) is 8.29. The number of hydrogen-bond donors (Lipinski definition) is 1. The van der Waals surface area contributed by atoms with Crippen molar-refractivity contribution in [3.63, 3.8) is 0 Å². The number of halogens is 1. The predicted octanol–water partition coefficient (Wildman–Crippen LogP) is 3.58. The Morgan fingerprint density at radius 2 is 2.24 bits per heavy atom. The van der Waals surface area contributed by atoms with Gasteiger partial charge in [-0.1, -0.05) is 24.6 Å². The van der Waals surface area contributed by atoms with Gasteiger partial charge >= 0.3 is 0 Å². The third-order valence-electron chi connectivity index (χ3n) is 2.32. The predicted molar refractivity (Wildman–Crippen MR) is 76.0 cm³/mol. The van der Waals surface area contributed by atoms with Crippen LogP contribution in [0.25, 0.3) is 0 Å². The summed E-state index contributed by atoms with van der Waals surface area (Å²) in [7, 11) is 1.71. The third-order valence-corrected chi connectivity index (χ3v) is 3.98. The van der Waals surface area contributed by atoms with Crippen molar-refractivity contribution in [3.8, 4) is 0 Å². The normalized spacial score (nSPS) is 10.8. The van der Waals surface area contributed by atoms with Gasteiger partial charge in [0.1, 0.15) is 0 Å². The number of hydrogen-bond acceptors (Lipinski definition) is 3. The van der Waals surface area contributed by atoms with Crippen LogP contribution in [-0.4, -0.2) is 26.0 Å². The first kappa shape index (κ1) is 14.8. The highest BCUT2D eigenvalue weighted by Gasteiger charge is 2.06. The van der Waals surface area contributed by atoms with Crippen molar-refractivity contribution in [3.05, 3.63) is 28.8 Å². The van der Waals surface area contributed by atoms with E-state index in [4.69, 9.17) is 16.3 Å². The molecule has 0 atom stereocenters. The summed E-state index contributed by atoms with van der Waals surface area (Å²) in [6.07, 6.45) is 1.17. The van der Waals surface area contributed by atoms with Gasteiger partial charge in [0.2, 0.25) is 0 Å². The number of methoxy groups -OCH3 is 1. The number of thioether (sulfide) groups is 1. The van der Waals surface area contributed by atoms with Crippen LogP contribution in [0.5, 0.6) is 0 Å². The molecule has 1 aromatic rings. The lowest BCUT2D eigenvalue weighted by molar-refractivity contribution is 0.199. The van der Waals surface area contributed by atoms with E-state index in [1.54, 1.807) is 7.11 Å². The maximum atomic E-state index is 6.24. The average Bonchev–Trinajstić information content (AvgIpc) is 2.34. The lowest BCUT2D eigenvalue weighted by atomic mass is 10.2. The van der Waals surface area contributed by atoms with Gasteiger partial charge in [0, 0.05) is 30.1 Å². The summed E-state index contributed by atoms with van der Waals surface area (Å²) >= 11 is 8.11. The highest BCUT2D eigenvalue weighted by atomic mass is 35.5. The fourth-order valence-corrected chi connectivity index (χ4v) is 2.70. The lowest BCUT2D eigenvalue weighted by Crippen LogP contribution is -2.19. The topological polar surface area (TPSA) is 21.3 Å². The van der Waals surface area contributed by atoms with Crippen LogP contribution in [0, 0.1) is 0 Å². The molecule has 0 fully saturated rings. The van der Waals surface area contributed by atoms with Crippen molar-refractivity contribution < 1.29 is 4.74 Å². The van der Waals surface area contributed by atoms with E-state index < -0.39 is 0 Å². The monoisotopic (exact) mass is 273 g/mol. The second-order valence-electron chi connectivity index (χ2n) is 3.73. The fraction of sp³-hybridized carbons (Fsp3) is 0.538. The van der Waals surface area contributed by atoms with Gasteiger partial charge in [-0.05, 0) is 29.9 Å². The Morgan fingerprint density at radius 3 is 2.94 bits per heavy atom. The highest BCUT2D eigenvalue weighted by Crippen LogP contribution is 2.28. The molecule has 0 saturated carbocycles. The SMILES string of the molecule is CCCSc1cccc(Cl)c1CNCCOC. The van der Waals surface area contributed by atoms with Crippen LogP contribution in [0.2, 0.25) is 5.02 Å². The van der Waals surface area contributed by atoms with Crippen molar-refractivity contribution in [2.24, 2.45) is 0 Å². The second kappa shape index (κ2) is 8.81. The molecule has 4 heteroatoms. The van der Waals surface area contributed by atoms with Gasteiger partial charge in [-0.2, -0.15) is 0 Å². The summed E-state index contributed by atoms with van der Waals surface area (Å²) in [6, 6.07) is 6.10. The molecule has 1 N–H and O–H groups in total. The summed E-state index contributed by atoms with van der Waals surface area (Å²) < 4.78 is 5.00. The van der Waals surface area contributed by atoms with E-state index in [0.29, 0.717) is 0 Å². The molecule has 17 heavy (non-hydrogen) atoms. The maximum Gasteiger partial charge on any atom is 0.0587 e. The molecule has 0 radical (unpaired) electrons. The molecule has 0 spiro atoms. The molecular weight excluding hydrogens is 254 g/mol. The van der Waals surface area contributed by atoms with Gasteiger partial charge in [-0.15, -0.1) is 11.8 Å². The quantitative estimate of drug-likeness (QED) is 0.578. The molecule has 0 heterocycles. The van der Waals surface area contributed by atoms with Gasteiger partial charge in [0.25, 0.3) is 0 Å². The van der Waals surface area contributed by atoms with Crippen LogP contribution in [0.15, 0.2) is 23.1 Å². The molecular formula is C13H20ClNOS. The molecule has 0 aliphatic carbocycles. The zero-order valence-corrected chi connectivity index (χ0v) is 12.0. The summed E-state index contributed by atoms with van der Waals surface area (Å²) in [4.78, 5) is 1.28. The van der Waals surface area contributed by atoms with Gasteiger partial charge in [0.05, 0.1) is 6.61 Å². The van der Waals surface area contributed by atoms with Crippen LogP contribution in [0.4, 0.5) is 0 Å². The van der Waals surface area contributed by atoms with Crippen molar-refractivity contribution in [2.75, 3.05) is 26.0 Å². The molecule has 0 aliphatic heterocycles. The standard InChI is InChI=1S/C13H20ClNOS/c1-3-9-17-13-6-4-5-12(14)11(13)10-15-7-8-16-2/h4-6,15H,3,7-10H2,1-2H3. The first-order valence-electron chi connectivity index (χ1n) is 5.89. The maximum absolute atomic E-state index is 6.24. The van der Waals surface area contributed by atoms with E-state index >= 15 is 0 Å². The minimum Gasteiger partial charge on any atom is -0.383 e. The third kappa shape index (κ3) is 5.30. The van der Waals surface area contributed by atoms with Crippen molar-refractivity contribution in [1.29, 1.82) is 0 Å². The first-order valence-corrected chi connectivity index (χ1v) is 7.25. The smallest absolute Gasteiger partial charge is 0.0587 e. The Morgan fingerprint density at radius 1 is 1.41 bits per heavy atom. The molecule has 0 saturated heterocycles. The second-order valence-corrected chi connectivity index (χ2v) is 5.28. The van der Waals surface area contributed by atoms with Gasteiger partial charge in [-0.25, -0.2) is 0 Å². The number of benzene rings is 1. The number of nitrogens with one attached hydrogen (secondary N) is 1. The van der Waals surface area contributed by atoms with E-state index in [2.05, 4.69) is 18.3 Å². The summed E-state index contributed by atoms with van der Waals surface area (Å²) in [6.45, 7) is 4.56. The number of ether oxygens (including phenoxy) is 1. The molecule has 2 nitrogen and oxygen atoms in total. The molecule has 1 aromatic carbocycles. The Bertz CT molecular complexity index is 333. The van der Waals surface area contributed by atoms with Crippen molar-refractivity contribution in [2.45, 2.75) is 24.8 Å². The minimum absolute atomic E-state index is 0.724. The molecule has 0 bridgehead atoms. The number of rotatable bonds is 8. The van der Waals surface area contributed by atoms with E-state index in [1.165, 1.54) is 16.9 Å². The van der Waals surface area contributed by atoms with E-state index in [-0.39, 0.29) is 0 Å². The van der Waals surface area contributed by atoms with Gasteiger partial charge in [-0.3, -0.25) is 0 Å². The van der Waals surface area contributed by atoms with Crippen LogP contribution in [0.1, 0.15) is 18.9 Å². The fourth-order valence-electron chi connectivity index (χ4n) is 1.45.